The predicted octanol–water partition coefficient (Wildman–Crippen LogP) is 3.00. The Balaban J connectivity index is 2.34. The molecule has 0 aliphatic rings. The topological polar surface area (TPSA) is 66.4 Å². The average Bonchev–Trinajstić information content (AvgIpc) is 2.38. The van der Waals surface area contributed by atoms with Gasteiger partial charge in [-0.3, -0.25) is 9.59 Å². The normalized spacial score (nSPS) is 12.0. The summed E-state index contributed by atoms with van der Waals surface area (Å²) in [4.78, 5) is 22.1. The van der Waals surface area contributed by atoms with Crippen molar-refractivity contribution in [2.45, 2.75) is 58.9 Å². The van der Waals surface area contributed by atoms with E-state index in [0.717, 1.165) is 6.42 Å². The van der Waals surface area contributed by atoms with Crippen LogP contribution < -0.4 is 5.32 Å². The molecule has 0 aliphatic carbocycles. The number of carboxylic acid groups (broad SMARTS) is 1. The monoisotopic (exact) mass is 291 g/mol. The van der Waals surface area contributed by atoms with Crippen LogP contribution in [0.2, 0.25) is 0 Å². The Morgan fingerprint density at radius 1 is 1.19 bits per heavy atom. The van der Waals surface area contributed by atoms with Gasteiger partial charge in [-0.25, -0.2) is 0 Å². The Kier molecular flexibility index (Phi) is 6.92. The molecular formula is C17H25NO3. The van der Waals surface area contributed by atoms with E-state index in [1.54, 1.807) is 0 Å². The molecule has 2 N–H and O–H groups in total. The number of benzene rings is 1. The summed E-state index contributed by atoms with van der Waals surface area (Å²) in [7, 11) is 0. The maximum Gasteiger partial charge on any atom is 0.303 e. The van der Waals surface area contributed by atoms with Gasteiger partial charge in [0, 0.05) is 18.9 Å². The lowest BCUT2D eigenvalue weighted by atomic mass is 10.00. The van der Waals surface area contributed by atoms with Crippen LogP contribution in [0.1, 0.15) is 49.3 Å². The summed E-state index contributed by atoms with van der Waals surface area (Å²) in [6.07, 6.45) is 2.51. The summed E-state index contributed by atoms with van der Waals surface area (Å²) in [6.45, 7) is 6.15. The van der Waals surface area contributed by atoms with E-state index < -0.39 is 5.97 Å². The second-order valence-corrected chi connectivity index (χ2v) is 5.70. The van der Waals surface area contributed by atoms with Crippen molar-refractivity contribution in [3.8, 4) is 0 Å². The van der Waals surface area contributed by atoms with Crippen molar-refractivity contribution in [3.63, 3.8) is 0 Å². The van der Waals surface area contributed by atoms with Crippen LogP contribution in [0.25, 0.3) is 0 Å². The third-order valence-corrected chi connectivity index (χ3v) is 3.48. The molecular weight excluding hydrogens is 266 g/mol. The second-order valence-electron chi connectivity index (χ2n) is 5.70. The van der Waals surface area contributed by atoms with Gasteiger partial charge in [-0.2, -0.15) is 0 Å². The number of carbonyl (C=O) groups is 2. The molecule has 0 bridgehead atoms. The molecule has 1 aromatic carbocycles. The number of amides is 1. The Morgan fingerprint density at radius 2 is 1.86 bits per heavy atom. The molecule has 4 heteroatoms. The van der Waals surface area contributed by atoms with Crippen molar-refractivity contribution >= 4 is 11.9 Å². The van der Waals surface area contributed by atoms with Gasteiger partial charge in [-0.1, -0.05) is 23.8 Å². The number of rotatable bonds is 8. The van der Waals surface area contributed by atoms with Crippen LogP contribution in [0.3, 0.4) is 0 Å². The van der Waals surface area contributed by atoms with Crippen LogP contribution in [-0.2, 0) is 16.0 Å². The molecule has 0 spiro atoms. The minimum atomic E-state index is -0.807. The highest BCUT2D eigenvalue weighted by Crippen LogP contribution is 2.12. The van der Waals surface area contributed by atoms with Crippen molar-refractivity contribution in [2.75, 3.05) is 0 Å². The zero-order chi connectivity index (χ0) is 15.8. The van der Waals surface area contributed by atoms with Gasteiger partial charge in [0.1, 0.15) is 0 Å². The Bertz CT molecular complexity index is 497. The second kappa shape index (κ2) is 8.45. The molecule has 1 rings (SSSR count). The molecule has 0 radical (unpaired) electrons. The van der Waals surface area contributed by atoms with Crippen LogP contribution >= 0.6 is 0 Å². The maximum absolute atomic E-state index is 11.8. The minimum Gasteiger partial charge on any atom is -0.481 e. The van der Waals surface area contributed by atoms with E-state index >= 15 is 0 Å². The van der Waals surface area contributed by atoms with Gasteiger partial charge in [0.25, 0.3) is 0 Å². The van der Waals surface area contributed by atoms with Gasteiger partial charge in [0.15, 0.2) is 0 Å². The lowest BCUT2D eigenvalue weighted by molar-refractivity contribution is -0.137. The maximum atomic E-state index is 11.8. The van der Waals surface area contributed by atoms with E-state index in [2.05, 4.69) is 37.4 Å². The summed E-state index contributed by atoms with van der Waals surface area (Å²) in [5.41, 5.74) is 3.74. The fourth-order valence-electron chi connectivity index (χ4n) is 2.36. The SMILES string of the molecule is Cc1ccc(CC(C)NC(=O)CCCCC(=O)O)c(C)c1. The Hall–Kier alpha value is -1.84. The quantitative estimate of drug-likeness (QED) is 0.724. The molecule has 0 aromatic heterocycles. The number of hydrogen-bond acceptors (Lipinski definition) is 2. The number of aliphatic carboxylic acids is 1. The zero-order valence-corrected chi connectivity index (χ0v) is 13.1. The fourth-order valence-corrected chi connectivity index (χ4v) is 2.36. The smallest absolute Gasteiger partial charge is 0.303 e. The van der Waals surface area contributed by atoms with E-state index in [0.29, 0.717) is 19.3 Å². The van der Waals surface area contributed by atoms with Crippen molar-refractivity contribution in [2.24, 2.45) is 0 Å². The summed E-state index contributed by atoms with van der Waals surface area (Å²) < 4.78 is 0. The summed E-state index contributed by atoms with van der Waals surface area (Å²) >= 11 is 0. The zero-order valence-electron chi connectivity index (χ0n) is 13.1. The predicted molar refractivity (Wildman–Crippen MR) is 83.3 cm³/mol. The molecule has 0 saturated carbocycles. The van der Waals surface area contributed by atoms with Gasteiger partial charge in [-0.05, 0) is 51.2 Å². The standard InChI is InChI=1S/C17H25NO3/c1-12-8-9-15(13(2)10-12)11-14(3)18-16(19)6-4-5-7-17(20)21/h8-10,14H,4-7,11H2,1-3H3,(H,18,19)(H,20,21). The van der Waals surface area contributed by atoms with E-state index in [-0.39, 0.29) is 18.4 Å². The number of unbranched alkanes of at least 4 members (excludes halogenated alkanes) is 1. The van der Waals surface area contributed by atoms with Crippen molar-refractivity contribution in [1.29, 1.82) is 0 Å². The first-order valence-electron chi connectivity index (χ1n) is 7.45. The highest BCUT2D eigenvalue weighted by Gasteiger charge is 2.10. The molecule has 1 aromatic rings. The van der Waals surface area contributed by atoms with Gasteiger partial charge < -0.3 is 10.4 Å². The van der Waals surface area contributed by atoms with Crippen LogP contribution in [0.5, 0.6) is 0 Å². The van der Waals surface area contributed by atoms with Gasteiger partial charge in [-0.15, -0.1) is 0 Å². The van der Waals surface area contributed by atoms with Gasteiger partial charge in [0.05, 0.1) is 0 Å². The van der Waals surface area contributed by atoms with Crippen LogP contribution in [0.15, 0.2) is 18.2 Å². The molecule has 0 saturated heterocycles. The summed E-state index contributed by atoms with van der Waals surface area (Å²) in [6, 6.07) is 6.43. The van der Waals surface area contributed by atoms with Crippen molar-refractivity contribution in [3.05, 3.63) is 34.9 Å². The number of carbonyl (C=O) groups excluding carboxylic acids is 1. The van der Waals surface area contributed by atoms with E-state index in [1.165, 1.54) is 16.7 Å². The third-order valence-electron chi connectivity index (χ3n) is 3.48. The summed E-state index contributed by atoms with van der Waals surface area (Å²) in [5, 5.41) is 11.5. The van der Waals surface area contributed by atoms with E-state index in [9.17, 15) is 9.59 Å². The number of aryl methyl sites for hydroxylation is 2. The molecule has 0 fully saturated rings. The van der Waals surface area contributed by atoms with E-state index in [1.807, 2.05) is 6.92 Å². The first-order valence-corrected chi connectivity index (χ1v) is 7.45. The first-order chi connectivity index (χ1) is 9.88. The summed E-state index contributed by atoms with van der Waals surface area (Å²) in [5.74, 6) is -0.809. The molecule has 1 amide bonds. The van der Waals surface area contributed by atoms with Crippen molar-refractivity contribution < 1.29 is 14.7 Å². The lowest BCUT2D eigenvalue weighted by Gasteiger charge is -2.15. The Labute approximate surface area is 126 Å². The molecule has 0 heterocycles. The van der Waals surface area contributed by atoms with Crippen LogP contribution in [0, 0.1) is 13.8 Å². The molecule has 21 heavy (non-hydrogen) atoms. The third kappa shape index (κ3) is 6.93. The fraction of sp³-hybridized carbons (Fsp3) is 0.529. The molecule has 116 valence electrons. The van der Waals surface area contributed by atoms with Gasteiger partial charge in [0.2, 0.25) is 5.91 Å². The van der Waals surface area contributed by atoms with Gasteiger partial charge >= 0.3 is 5.97 Å². The highest BCUT2D eigenvalue weighted by molar-refractivity contribution is 5.76. The first kappa shape index (κ1) is 17.2. The number of nitrogens with one attached hydrogen (secondary N) is 1. The van der Waals surface area contributed by atoms with E-state index in [4.69, 9.17) is 5.11 Å². The number of hydrogen-bond donors (Lipinski definition) is 2. The average molecular weight is 291 g/mol. The highest BCUT2D eigenvalue weighted by atomic mass is 16.4. The molecule has 4 nitrogen and oxygen atoms in total. The lowest BCUT2D eigenvalue weighted by Crippen LogP contribution is -2.34. The Morgan fingerprint density at radius 3 is 2.48 bits per heavy atom. The molecule has 1 unspecified atom stereocenters. The van der Waals surface area contributed by atoms with Crippen LogP contribution in [0.4, 0.5) is 0 Å². The van der Waals surface area contributed by atoms with Crippen LogP contribution in [-0.4, -0.2) is 23.0 Å². The minimum absolute atomic E-state index is 0.00217. The molecule has 1 atom stereocenters. The number of carboxylic acids is 1. The molecule has 0 aliphatic heterocycles. The largest absolute Gasteiger partial charge is 0.481 e. The van der Waals surface area contributed by atoms with Crippen molar-refractivity contribution in [1.82, 2.24) is 5.32 Å².